The summed E-state index contributed by atoms with van der Waals surface area (Å²) >= 11 is 0. The summed E-state index contributed by atoms with van der Waals surface area (Å²) in [6.07, 6.45) is 0. The van der Waals surface area contributed by atoms with Gasteiger partial charge in [0.25, 0.3) is 0 Å². The fraction of sp³-hybridized carbons (Fsp3) is 0.500. The Kier molecular flexibility index (Phi) is 5.09. The third-order valence-electron chi connectivity index (χ3n) is 2.57. The Morgan fingerprint density at radius 2 is 1.53 bits per heavy atom. The molecule has 3 nitrogen and oxygen atoms in total. The largest absolute Gasteiger partial charge is 0.397 e. The number of benzene rings is 1. The van der Waals surface area contributed by atoms with Crippen LogP contribution in [0.25, 0.3) is 0 Å². The van der Waals surface area contributed by atoms with E-state index in [9.17, 15) is 0 Å². The Morgan fingerprint density at radius 3 is 1.94 bits per heavy atom. The summed E-state index contributed by atoms with van der Waals surface area (Å²) in [6.45, 7) is 6.52. The zero-order chi connectivity index (χ0) is 12.9. The molecule has 0 aliphatic carbocycles. The predicted octanol–water partition coefficient (Wildman–Crippen LogP) is 0.248. The fourth-order valence-corrected chi connectivity index (χ4v) is 2.90. The van der Waals surface area contributed by atoms with Crippen LogP contribution in [0.3, 0.4) is 0 Å². The average Bonchev–Trinajstić information content (AvgIpc) is 2.31. The molecule has 0 fully saturated rings. The molecule has 0 saturated carbocycles. The minimum atomic E-state index is -0.715. The van der Waals surface area contributed by atoms with Gasteiger partial charge in [0.15, 0.2) is 5.79 Å². The third kappa shape index (κ3) is 4.04. The van der Waals surface area contributed by atoms with E-state index in [1.807, 2.05) is 51.1 Å². The molecule has 0 radical (unpaired) electrons. The first-order chi connectivity index (χ1) is 7.93. The Balaban J connectivity index is 2.90. The van der Waals surface area contributed by atoms with Crippen LogP contribution < -0.4 is 0 Å². The van der Waals surface area contributed by atoms with Crippen LogP contribution in [0.1, 0.15) is 26.3 Å². The van der Waals surface area contributed by atoms with Crippen molar-refractivity contribution >= 4 is 21.0 Å². The van der Waals surface area contributed by atoms with Gasteiger partial charge in [0.05, 0.1) is 5.60 Å². The van der Waals surface area contributed by atoms with Crippen LogP contribution in [-0.2, 0) is 19.4 Å². The molecule has 0 unspecified atom stereocenters. The van der Waals surface area contributed by atoms with Crippen molar-refractivity contribution in [2.24, 2.45) is 0 Å². The van der Waals surface area contributed by atoms with Gasteiger partial charge in [-0.25, -0.2) is 0 Å². The molecule has 1 aromatic rings. The lowest BCUT2D eigenvalue weighted by atomic mass is 10.1. The second-order valence-corrected chi connectivity index (χ2v) is 5.74. The molecule has 0 aliphatic rings. The monoisotopic (exact) mass is 270 g/mol. The minimum absolute atomic E-state index is 0.194. The second-order valence-electron chi connectivity index (χ2n) is 4.93. The molecule has 0 heterocycles. The lowest BCUT2D eigenvalue weighted by Gasteiger charge is -2.35. The van der Waals surface area contributed by atoms with Crippen LogP contribution in [-0.4, -0.2) is 33.2 Å². The molecular weight excluding hydrogens is 248 g/mol. The van der Waals surface area contributed by atoms with Crippen molar-refractivity contribution in [2.75, 3.05) is 6.61 Å². The topological polar surface area (TPSA) is 27.7 Å². The fourth-order valence-electron chi connectivity index (χ4n) is 1.52. The van der Waals surface area contributed by atoms with Crippen LogP contribution in [0.15, 0.2) is 30.3 Å². The smallest absolute Gasteiger partial charge is 0.199 e. The maximum atomic E-state index is 5.83. The molecule has 0 spiro atoms. The van der Waals surface area contributed by atoms with E-state index in [0.717, 1.165) is 5.56 Å². The maximum Gasteiger partial charge on any atom is 0.199 e. The molecular formula is C12H22O3Si2. The lowest BCUT2D eigenvalue weighted by molar-refractivity contribution is -0.186. The van der Waals surface area contributed by atoms with Crippen molar-refractivity contribution in [2.45, 2.75) is 32.2 Å². The van der Waals surface area contributed by atoms with Gasteiger partial charge in [0, 0.05) is 5.56 Å². The summed E-state index contributed by atoms with van der Waals surface area (Å²) in [5.74, 6) is -0.715. The van der Waals surface area contributed by atoms with Crippen molar-refractivity contribution in [3.63, 3.8) is 0 Å². The highest BCUT2D eigenvalue weighted by Crippen LogP contribution is 2.27. The highest BCUT2D eigenvalue weighted by Gasteiger charge is 2.32. The molecule has 0 bridgehead atoms. The van der Waals surface area contributed by atoms with Gasteiger partial charge in [-0.3, -0.25) is 0 Å². The van der Waals surface area contributed by atoms with Crippen LogP contribution in [0.5, 0.6) is 0 Å². The molecule has 0 atom stereocenters. The van der Waals surface area contributed by atoms with E-state index in [4.69, 9.17) is 13.6 Å². The molecule has 0 N–H and O–H groups in total. The molecule has 1 aromatic carbocycles. The summed E-state index contributed by atoms with van der Waals surface area (Å²) in [4.78, 5) is 0. The van der Waals surface area contributed by atoms with E-state index in [1.54, 1.807) is 0 Å². The van der Waals surface area contributed by atoms with Gasteiger partial charge in [-0.15, -0.1) is 0 Å². The normalized spacial score (nSPS) is 15.9. The van der Waals surface area contributed by atoms with Gasteiger partial charge in [-0.2, -0.15) is 0 Å². The lowest BCUT2D eigenvalue weighted by Crippen LogP contribution is -2.40. The molecule has 5 heteroatoms. The van der Waals surface area contributed by atoms with E-state index < -0.39 is 5.79 Å². The van der Waals surface area contributed by atoms with Gasteiger partial charge in [-0.1, -0.05) is 30.3 Å². The van der Waals surface area contributed by atoms with Gasteiger partial charge < -0.3 is 13.6 Å². The second kappa shape index (κ2) is 5.92. The summed E-state index contributed by atoms with van der Waals surface area (Å²) in [7, 11) is 1.22. The third-order valence-corrected chi connectivity index (χ3v) is 3.89. The van der Waals surface area contributed by atoms with E-state index in [1.165, 1.54) is 0 Å². The quantitative estimate of drug-likeness (QED) is 0.567. The van der Waals surface area contributed by atoms with E-state index in [0.29, 0.717) is 27.6 Å². The first kappa shape index (κ1) is 14.6. The van der Waals surface area contributed by atoms with Crippen molar-refractivity contribution in [1.29, 1.82) is 0 Å². The predicted molar refractivity (Wildman–Crippen MR) is 75.9 cm³/mol. The zero-order valence-electron chi connectivity index (χ0n) is 11.3. The summed E-state index contributed by atoms with van der Waals surface area (Å²) < 4.78 is 17.2. The standard InChI is InChI=1S/C12H22O3Si2/c1-11(2,3)13-9-12(14-16,15-17)10-7-5-4-6-8-10/h4-8H,9H2,1-3,16-17H3. The van der Waals surface area contributed by atoms with Gasteiger partial charge in [0.1, 0.15) is 27.6 Å². The molecule has 0 saturated heterocycles. The Labute approximate surface area is 110 Å². The molecule has 96 valence electrons. The van der Waals surface area contributed by atoms with Crippen LogP contribution >= 0.6 is 0 Å². The Bertz CT molecular complexity index is 331. The molecule has 0 amide bonds. The SMILES string of the molecule is CC(C)(C)OCC(O[SiH3])(O[SiH3])c1ccccc1. The van der Waals surface area contributed by atoms with Crippen molar-refractivity contribution in [1.82, 2.24) is 0 Å². The first-order valence-corrected chi connectivity index (χ1v) is 7.36. The molecule has 0 aliphatic heterocycles. The molecule has 0 aromatic heterocycles. The summed E-state index contributed by atoms with van der Waals surface area (Å²) in [5, 5.41) is 0. The average molecular weight is 270 g/mol. The molecule has 17 heavy (non-hydrogen) atoms. The molecule has 1 rings (SSSR count). The first-order valence-electron chi connectivity index (χ1n) is 5.73. The number of hydrogen-bond donors (Lipinski definition) is 0. The van der Waals surface area contributed by atoms with Gasteiger partial charge in [-0.05, 0) is 20.8 Å². The zero-order valence-corrected chi connectivity index (χ0v) is 15.3. The Morgan fingerprint density at radius 1 is 1.00 bits per heavy atom. The minimum Gasteiger partial charge on any atom is -0.397 e. The Hall–Kier alpha value is -0.466. The number of hydrogen-bond acceptors (Lipinski definition) is 3. The van der Waals surface area contributed by atoms with E-state index >= 15 is 0 Å². The van der Waals surface area contributed by atoms with Gasteiger partial charge >= 0.3 is 0 Å². The highest BCUT2D eigenvalue weighted by molar-refractivity contribution is 6.00. The van der Waals surface area contributed by atoms with E-state index in [2.05, 4.69) is 0 Å². The van der Waals surface area contributed by atoms with Gasteiger partial charge in [0.2, 0.25) is 0 Å². The van der Waals surface area contributed by atoms with E-state index in [-0.39, 0.29) is 5.60 Å². The summed E-state index contributed by atoms with van der Waals surface area (Å²) in [5.41, 5.74) is 0.828. The number of rotatable bonds is 5. The summed E-state index contributed by atoms with van der Waals surface area (Å²) in [6, 6.07) is 9.99. The van der Waals surface area contributed by atoms with Crippen LogP contribution in [0.2, 0.25) is 0 Å². The van der Waals surface area contributed by atoms with Crippen LogP contribution in [0.4, 0.5) is 0 Å². The van der Waals surface area contributed by atoms with Crippen molar-refractivity contribution in [3.8, 4) is 0 Å². The van der Waals surface area contributed by atoms with Crippen LogP contribution in [0, 0.1) is 0 Å². The highest BCUT2D eigenvalue weighted by atomic mass is 28.2. The van der Waals surface area contributed by atoms with Crippen molar-refractivity contribution in [3.05, 3.63) is 35.9 Å². The maximum absolute atomic E-state index is 5.83. The number of ether oxygens (including phenoxy) is 1. The van der Waals surface area contributed by atoms with Crippen molar-refractivity contribution < 1.29 is 13.6 Å².